The number of hydrogen-bond donors (Lipinski definition) is 0. The molecule has 0 unspecified atom stereocenters. The highest BCUT2D eigenvalue weighted by Crippen LogP contribution is 2.41. The monoisotopic (exact) mass is 275 g/mol. The van der Waals surface area contributed by atoms with Gasteiger partial charge in [0.05, 0.1) is 23.6 Å². The van der Waals surface area contributed by atoms with Crippen molar-refractivity contribution in [2.24, 2.45) is 0 Å². The molecular weight excluding hydrogens is 258 g/mol. The number of para-hydroxylation sites is 2. The Morgan fingerprint density at radius 2 is 1.62 bits per heavy atom. The number of fused-ring (bicyclic) bond motifs is 2. The van der Waals surface area contributed by atoms with E-state index >= 15 is 0 Å². The molecule has 0 saturated carbocycles. The van der Waals surface area contributed by atoms with Gasteiger partial charge < -0.3 is 4.57 Å². The van der Waals surface area contributed by atoms with Crippen molar-refractivity contribution in [1.82, 2.24) is 9.55 Å². The predicted molar refractivity (Wildman–Crippen MR) is 85.5 cm³/mol. The normalized spacial score (nSPS) is 13.0. The minimum atomic E-state index is 0.884. The molecule has 2 aromatic carbocycles. The van der Waals surface area contributed by atoms with E-state index < -0.39 is 0 Å². The van der Waals surface area contributed by atoms with Crippen molar-refractivity contribution < 1.29 is 0 Å². The second kappa shape index (κ2) is 4.48. The number of nitrogens with zero attached hydrogens (tertiary/aromatic N) is 3. The highest BCUT2D eigenvalue weighted by Gasteiger charge is 2.26. The maximum Gasteiger partial charge on any atom is 0.215 e. The van der Waals surface area contributed by atoms with Gasteiger partial charge in [-0.1, -0.05) is 36.4 Å². The van der Waals surface area contributed by atoms with E-state index in [1.807, 2.05) is 6.92 Å². The lowest BCUT2D eigenvalue weighted by atomic mass is 10.1. The molecule has 0 fully saturated rings. The SMILES string of the molecule is Cc1cn2c(n1)N(c1ccccc1C)c1ccccc1C2. The third-order valence-electron chi connectivity index (χ3n) is 4.01. The molecule has 0 bridgehead atoms. The van der Waals surface area contributed by atoms with Crippen molar-refractivity contribution in [3.8, 4) is 0 Å². The van der Waals surface area contributed by atoms with Crippen LogP contribution in [0.25, 0.3) is 0 Å². The highest BCUT2D eigenvalue weighted by molar-refractivity contribution is 5.78. The van der Waals surface area contributed by atoms with Crippen molar-refractivity contribution >= 4 is 17.3 Å². The summed E-state index contributed by atoms with van der Waals surface area (Å²) in [7, 11) is 0. The molecule has 0 radical (unpaired) electrons. The van der Waals surface area contributed by atoms with Crippen LogP contribution in [0.15, 0.2) is 54.7 Å². The summed E-state index contributed by atoms with van der Waals surface area (Å²) in [4.78, 5) is 7.00. The van der Waals surface area contributed by atoms with E-state index in [1.165, 1.54) is 22.5 Å². The molecule has 3 heteroatoms. The lowest BCUT2D eigenvalue weighted by Gasteiger charge is -2.32. The summed E-state index contributed by atoms with van der Waals surface area (Å²) in [5, 5.41) is 0. The standard InChI is InChI=1S/C18H17N3/c1-13-7-3-5-9-16(13)21-17-10-6-4-8-15(17)12-20-11-14(2)19-18(20)21/h3-11H,12H2,1-2H3. The fourth-order valence-corrected chi connectivity index (χ4v) is 3.03. The number of benzene rings is 2. The summed E-state index contributed by atoms with van der Waals surface area (Å²) in [6, 6.07) is 17.0. The molecule has 1 aromatic heterocycles. The largest absolute Gasteiger partial charge is 0.312 e. The summed E-state index contributed by atoms with van der Waals surface area (Å²) in [5.41, 5.74) is 6.05. The van der Waals surface area contributed by atoms with Gasteiger partial charge >= 0.3 is 0 Å². The molecular formula is C18H17N3. The summed E-state index contributed by atoms with van der Waals surface area (Å²) >= 11 is 0. The molecule has 0 N–H and O–H groups in total. The number of aromatic nitrogens is 2. The second-order valence-electron chi connectivity index (χ2n) is 5.56. The van der Waals surface area contributed by atoms with Crippen LogP contribution in [0.2, 0.25) is 0 Å². The van der Waals surface area contributed by atoms with Crippen molar-refractivity contribution in [1.29, 1.82) is 0 Å². The van der Waals surface area contributed by atoms with E-state index in [9.17, 15) is 0 Å². The lowest BCUT2D eigenvalue weighted by molar-refractivity contribution is 0.766. The van der Waals surface area contributed by atoms with Crippen molar-refractivity contribution in [3.05, 3.63) is 71.5 Å². The topological polar surface area (TPSA) is 21.1 Å². The minimum absolute atomic E-state index is 0.884. The number of aryl methyl sites for hydroxylation is 2. The molecule has 0 spiro atoms. The van der Waals surface area contributed by atoms with Crippen molar-refractivity contribution in [2.75, 3.05) is 4.90 Å². The first-order chi connectivity index (χ1) is 10.2. The fraction of sp³-hybridized carbons (Fsp3) is 0.167. The van der Waals surface area contributed by atoms with Gasteiger partial charge in [0.1, 0.15) is 0 Å². The molecule has 1 aliphatic rings. The minimum Gasteiger partial charge on any atom is -0.312 e. The first-order valence-corrected chi connectivity index (χ1v) is 7.21. The molecule has 2 heterocycles. The number of imidazole rings is 1. The quantitative estimate of drug-likeness (QED) is 0.515. The molecule has 21 heavy (non-hydrogen) atoms. The van der Waals surface area contributed by atoms with Gasteiger partial charge in [0, 0.05) is 6.20 Å². The van der Waals surface area contributed by atoms with Crippen LogP contribution < -0.4 is 4.90 Å². The first-order valence-electron chi connectivity index (χ1n) is 7.21. The van der Waals surface area contributed by atoms with E-state index in [4.69, 9.17) is 4.98 Å². The van der Waals surface area contributed by atoms with E-state index in [-0.39, 0.29) is 0 Å². The Labute approximate surface area is 124 Å². The van der Waals surface area contributed by atoms with Crippen molar-refractivity contribution in [2.45, 2.75) is 20.4 Å². The summed E-state index contributed by atoms with van der Waals surface area (Å²) < 4.78 is 2.23. The summed E-state index contributed by atoms with van der Waals surface area (Å²) in [6.07, 6.45) is 2.12. The van der Waals surface area contributed by atoms with Gasteiger partial charge in [0.25, 0.3) is 0 Å². The zero-order chi connectivity index (χ0) is 14.4. The average molecular weight is 275 g/mol. The number of hydrogen-bond acceptors (Lipinski definition) is 2. The summed E-state index contributed by atoms with van der Waals surface area (Å²) in [5.74, 6) is 1.00. The third kappa shape index (κ3) is 1.85. The Morgan fingerprint density at radius 3 is 2.43 bits per heavy atom. The van der Waals surface area contributed by atoms with E-state index in [0.717, 1.165) is 18.2 Å². The van der Waals surface area contributed by atoms with Crippen LogP contribution in [0.5, 0.6) is 0 Å². The first kappa shape index (κ1) is 12.2. The summed E-state index contributed by atoms with van der Waals surface area (Å²) in [6.45, 7) is 5.08. The smallest absolute Gasteiger partial charge is 0.215 e. The Bertz CT molecular complexity index is 806. The molecule has 1 aliphatic heterocycles. The molecule has 0 atom stereocenters. The van der Waals surface area contributed by atoms with Crippen LogP contribution in [0.4, 0.5) is 17.3 Å². The zero-order valence-corrected chi connectivity index (χ0v) is 12.2. The molecule has 3 nitrogen and oxygen atoms in total. The van der Waals surface area contributed by atoms with Crippen LogP contribution in [0.3, 0.4) is 0 Å². The van der Waals surface area contributed by atoms with E-state index in [1.54, 1.807) is 0 Å². The molecule has 3 aromatic rings. The molecule has 0 amide bonds. The van der Waals surface area contributed by atoms with Gasteiger partial charge in [-0.25, -0.2) is 4.98 Å². The molecule has 0 aliphatic carbocycles. The van der Waals surface area contributed by atoms with E-state index in [0.29, 0.717) is 0 Å². The number of anilines is 3. The van der Waals surface area contributed by atoms with Crippen LogP contribution in [0.1, 0.15) is 16.8 Å². The predicted octanol–water partition coefficient (Wildman–Crippen LogP) is 4.33. The number of rotatable bonds is 1. The average Bonchev–Trinajstić information content (AvgIpc) is 2.85. The van der Waals surface area contributed by atoms with Gasteiger partial charge in [0.2, 0.25) is 5.95 Å². The van der Waals surface area contributed by atoms with Crippen LogP contribution in [-0.4, -0.2) is 9.55 Å². The van der Waals surface area contributed by atoms with Gasteiger partial charge in [-0.15, -0.1) is 0 Å². The highest BCUT2D eigenvalue weighted by atomic mass is 15.3. The van der Waals surface area contributed by atoms with Gasteiger partial charge in [0.15, 0.2) is 0 Å². The maximum atomic E-state index is 4.74. The molecule has 0 saturated heterocycles. The van der Waals surface area contributed by atoms with E-state index in [2.05, 4.69) is 71.1 Å². The van der Waals surface area contributed by atoms with Crippen LogP contribution >= 0.6 is 0 Å². The maximum absolute atomic E-state index is 4.74. The molecule has 104 valence electrons. The zero-order valence-electron chi connectivity index (χ0n) is 12.2. The van der Waals surface area contributed by atoms with Gasteiger partial charge in [-0.3, -0.25) is 4.90 Å². The second-order valence-corrected chi connectivity index (χ2v) is 5.56. The van der Waals surface area contributed by atoms with Crippen LogP contribution in [-0.2, 0) is 6.54 Å². The fourth-order valence-electron chi connectivity index (χ4n) is 3.03. The Morgan fingerprint density at radius 1 is 0.905 bits per heavy atom. The van der Waals surface area contributed by atoms with Crippen molar-refractivity contribution in [3.63, 3.8) is 0 Å². The van der Waals surface area contributed by atoms with Gasteiger partial charge in [-0.2, -0.15) is 0 Å². The lowest BCUT2D eigenvalue weighted by Crippen LogP contribution is -2.23. The third-order valence-corrected chi connectivity index (χ3v) is 4.01. The Hall–Kier alpha value is -2.55. The Kier molecular flexibility index (Phi) is 2.61. The van der Waals surface area contributed by atoms with Crippen LogP contribution in [0, 0.1) is 13.8 Å². The molecule has 4 rings (SSSR count). The Balaban J connectivity index is 1.99. The van der Waals surface area contributed by atoms with Gasteiger partial charge in [-0.05, 0) is 37.1 Å².